The number of nitrogens with zero attached hydrogens (tertiary/aromatic N) is 1. The first-order chi connectivity index (χ1) is 9.02. The summed E-state index contributed by atoms with van der Waals surface area (Å²) < 4.78 is 0. The lowest BCUT2D eigenvalue weighted by molar-refractivity contribution is 0.0796. The van der Waals surface area contributed by atoms with Gasteiger partial charge in [0.1, 0.15) is 0 Å². The van der Waals surface area contributed by atoms with Gasteiger partial charge in [-0.15, -0.1) is 0 Å². The fourth-order valence-electron chi connectivity index (χ4n) is 3.98. The number of likely N-dealkylation sites (tertiary alicyclic amines) is 1. The first-order valence-corrected chi connectivity index (χ1v) is 8.49. The average molecular weight is 266 g/mol. The van der Waals surface area contributed by atoms with Crippen molar-refractivity contribution < 1.29 is 0 Å². The maximum absolute atomic E-state index is 3.79. The van der Waals surface area contributed by atoms with Gasteiger partial charge in [0.25, 0.3) is 0 Å². The molecule has 2 aliphatic rings. The van der Waals surface area contributed by atoms with Gasteiger partial charge in [0.2, 0.25) is 0 Å². The van der Waals surface area contributed by atoms with Gasteiger partial charge in [-0.25, -0.2) is 0 Å². The summed E-state index contributed by atoms with van der Waals surface area (Å²) in [7, 11) is 0. The van der Waals surface area contributed by atoms with Gasteiger partial charge in [0.05, 0.1) is 0 Å². The van der Waals surface area contributed by atoms with Crippen molar-refractivity contribution in [1.29, 1.82) is 0 Å². The van der Waals surface area contributed by atoms with Crippen molar-refractivity contribution in [3.63, 3.8) is 0 Å². The normalized spacial score (nSPS) is 30.3. The van der Waals surface area contributed by atoms with Crippen LogP contribution in [0.15, 0.2) is 0 Å². The number of hydrogen-bond donors (Lipinski definition) is 1. The second kappa shape index (κ2) is 6.58. The summed E-state index contributed by atoms with van der Waals surface area (Å²) in [5.74, 6) is 1.01. The topological polar surface area (TPSA) is 15.3 Å². The van der Waals surface area contributed by atoms with Gasteiger partial charge in [-0.05, 0) is 56.5 Å². The predicted octanol–water partition coefficient (Wildman–Crippen LogP) is 3.67. The Labute approximate surface area is 120 Å². The van der Waals surface area contributed by atoms with Crippen molar-refractivity contribution in [1.82, 2.24) is 10.2 Å². The molecule has 1 aliphatic heterocycles. The van der Waals surface area contributed by atoms with Crippen LogP contribution in [0.2, 0.25) is 0 Å². The molecule has 1 N–H and O–H groups in total. The van der Waals surface area contributed by atoms with Crippen molar-refractivity contribution in [2.24, 2.45) is 11.3 Å². The van der Waals surface area contributed by atoms with Crippen molar-refractivity contribution in [2.75, 3.05) is 19.6 Å². The maximum atomic E-state index is 3.79. The summed E-state index contributed by atoms with van der Waals surface area (Å²) in [6.45, 7) is 13.2. The number of fused-ring (bicyclic) bond motifs is 1. The molecule has 19 heavy (non-hydrogen) atoms. The Balaban J connectivity index is 1.95. The Kier molecular flexibility index (Phi) is 5.30. The highest BCUT2D eigenvalue weighted by molar-refractivity contribution is 4.92. The van der Waals surface area contributed by atoms with Crippen LogP contribution in [-0.4, -0.2) is 36.6 Å². The largest absolute Gasteiger partial charge is 0.312 e. The summed E-state index contributed by atoms with van der Waals surface area (Å²) in [6.07, 6.45) is 8.56. The Morgan fingerprint density at radius 1 is 1.16 bits per heavy atom. The van der Waals surface area contributed by atoms with Crippen LogP contribution in [0.3, 0.4) is 0 Å². The van der Waals surface area contributed by atoms with Gasteiger partial charge < -0.3 is 5.32 Å². The van der Waals surface area contributed by atoms with Gasteiger partial charge in [-0.1, -0.05) is 34.1 Å². The fourth-order valence-corrected chi connectivity index (χ4v) is 3.98. The van der Waals surface area contributed by atoms with Crippen LogP contribution in [-0.2, 0) is 0 Å². The van der Waals surface area contributed by atoms with Crippen LogP contribution in [0, 0.1) is 11.3 Å². The molecule has 2 fully saturated rings. The van der Waals surface area contributed by atoms with Gasteiger partial charge >= 0.3 is 0 Å². The number of piperidine rings is 1. The van der Waals surface area contributed by atoms with E-state index < -0.39 is 0 Å². The molecule has 1 heterocycles. The van der Waals surface area contributed by atoms with Crippen LogP contribution >= 0.6 is 0 Å². The van der Waals surface area contributed by atoms with E-state index in [9.17, 15) is 0 Å². The minimum Gasteiger partial charge on any atom is -0.312 e. The molecule has 1 saturated carbocycles. The number of hydrogen-bond acceptors (Lipinski definition) is 2. The van der Waals surface area contributed by atoms with E-state index in [1.54, 1.807) is 0 Å². The zero-order chi connectivity index (χ0) is 13.9. The highest BCUT2D eigenvalue weighted by atomic mass is 15.2. The minimum absolute atomic E-state index is 0.362. The summed E-state index contributed by atoms with van der Waals surface area (Å²) in [5, 5.41) is 3.79. The number of nitrogens with one attached hydrogen (secondary N) is 1. The molecule has 0 aromatic carbocycles. The first-order valence-electron chi connectivity index (χ1n) is 8.49. The van der Waals surface area contributed by atoms with Crippen molar-refractivity contribution >= 4 is 0 Å². The molecule has 0 bridgehead atoms. The van der Waals surface area contributed by atoms with Crippen LogP contribution in [0.5, 0.6) is 0 Å². The molecule has 0 radical (unpaired) electrons. The molecule has 2 nitrogen and oxygen atoms in total. The van der Waals surface area contributed by atoms with E-state index >= 15 is 0 Å². The highest BCUT2D eigenvalue weighted by Crippen LogP contribution is 2.37. The van der Waals surface area contributed by atoms with E-state index in [0.717, 1.165) is 18.5 Å². The molecular weight excluding hydrogens is 232 g/mol. The zero-order valence-electron chi connectivity index (χ0n) is 13.5. The first kappa shape index (κ1) is 15.3. The molecular formula is C17H34N2. The van der Waals surface area contributed by atoms with Crippen LogP contribution < -0.4 is 5.32 Å². The maximum Gasteiger partial charge on any atom is 0.0243 e. The lowest BCUT2D eigenvalue weighted by Crippen LogP contribution is -2.53. The second-order valence-corrected chi connectivity index (χ2v) is 7.77. The van der Waals surface area contributed by atoms with Crippen molar-refractivity contribution in [3.8, 4) is 0 Å². The molecule has 3 atom stereocenters. The van der Waals surface area contributed by atoms with Crippen molar-refractivity contribution in [3.05, 3.63) is 0 Å². The Bertz CT molecular complexity index is 269. The predicted molar refractivity (Wildman–Crippen MR) is 83.5 cm³/mol. The second-order valence-electron chi connectivity index (χ2n) is 7.77. The van der Waals surface area contributed by atoms with Crippen LogP contribution in [0.1, 0.15) is 66.2 Å². The van der Waals surface area contributed by atoms with Gasteiger partial charge in [-0.3, -0.25) is 4.90 Å². The monoisotopic (exact) mass is 266 g/mol. The zero-order valence-corrected chi connectivity index (χ0v) is 13.5. The number of rotatable bonds is 5. The van der Waals surface area contributed by atoms with Crippen LogP contribution in [0.25, 0.3) is 0 Å². The standard InChI is InChI=1S/C17H34N2/c1-5-11-18-16(17(2,3)4)13-19-12-7-9-14-8-6-10-15(14)19/h14-16,18H,5-13H2,1-4H3. The molecule has 0 spiro atoms. The van der Waals surface area contributed by atoms with E-state index in [2.05, 4.69) is 37.9 Å². The van der Waals surface area contributed by atoms with Gasteiger partial charge in [0, 0.05) is 18.6 Å². The Hall–Kier alpha value is -0.0800. The average Bonchev–Trinajstić information content (AvgIpc) is 2.81. The van der Waals surface area contributed by atoms with E-state index in [1.807, 2.05) is 0 Å². The van der Waals surface area contributed by atoms with E-state index in [-0.39, 0.29) is 0 Å². The minimum atomic E-state index is 0.362. The molecule has 1 aliphatic carbocycles. The van der Waals surface area contributed by atoms with E-state index in [4.69, 9.17) is 0 Å². The van der Waals surface area contributed by atoms with Gasteiger partial charge in [0.15, 0.2) is 0 Å². The Morgan fingerprint density at radius 2 is 1.89 bits per heavy atom. The molecule has 1 saturated heterocycles. The van der Waals surface area contributed by atoms with Gasteiger partial charge in [-0.2, -0.15) is 0 Å². The van der Waals surface area contributed by atoms with E-state index in [0.29, 0.717) is 11.5 Å². The molecule has 3 unspecified atom stereocenters. The molecule has 0 aromatic heterocycles. The third-order valence-corrected chi connectivity index (χ3v) is 5.21. The summed E-state index contributed by atoms with van der Waals surface area (Å²) >= 11 is 0. The third kappa shape index (κ3) is 3.95. The highest BCUT2D eigenvalue weighted by Gasteiger charge is 2.37. The third-order valence-electron chi connectivity index (χ3n) is 5.21. The molecule has 2 rings (SSSR count). The van der Waals surface area contributed by atoms with Crippen LogP contribution in [0.4, 0.5) is 0 Å². The van der Waals surface area contributed by atoms with E-state index in [1.165, 1.54) is 51.6 Å². The summed E-state index contributed by atoms with van der Waals surface area (Å²) in [6, 6.07) is 1.54. The lowest BCUT2D eigenvalue weighted by atomic mass is 9.84. The molecule has 112 valence electrons. The molecule has 2 heteroatoms. The fraction of sp³-hybridized carbons (Fsp3) is 1.00. The Morgan fingerprint density at radius 3 is 2.58 bits per heavy atom. The molecule has 0 aromatic rings. The lowest BCUT2D eigenvalue weighted by Gasteiger charge is -2.43. The van der Waals surface area contributed by atoms with Crippen molar-refractivity contribution in [2.45, 2.75) is 78.3 Å². The smallest absolute Gasteiger partial charge is 0.0243 e. The summed E-state index contributed by atoms with van der Waals surface area (Å²) in [5.41, 5.74) is 0.362. The summed E-state index contributed by atoms with van der Waals surface area (Å²) in [4.78, 5) is 2.82. The molecule has 0 amide bonds. The SMILES string of the molecule is CCCNC(CN1CCCC2CCCC21)C(C)(C)C. The quantitative estimate of drug-likeness (QED) is 0.817.